The third-order valence-electron chi connectivity index (χ3n) is 3.83. The number of phenolic OH excluding ortho intramolecular Hbond substituents is 1. The summed E-state index contributed by atoms with van der Waals surface area (Å²) in [5.74, 6) is 1.24. The molecule has 0 heterocycles. The lowest BCUT2D eigenvalue weighted by atomic mass is 10.1. The van der Waals surface area contributed by atoms with Gasteiger partial charge in [0.2, 0.25) is 0 Å². The van der Waals surface area contributed by atoms with Crippen LogP contribution in [0.2, 0.25) is 0 Å². The number of hydrogen-bond acceptors (Lipinski definition) is 4. The fourth-order valence-corrected chi connectivity index (χ4v) is 4.02. The van der Waals surface area contributed by atoms with Crippen molar-refractivity contribution in [3.63, 3.8) is 0 Å². The summed E-state index contributed by atoms with van der Waals surface area (Å²) < 4.78 is 10.6. The van der Waals surface area contributed by atoms with Crippen molar-refractivity contribution in [2.24, 2.45) is 0 Å². The van der Waals surface area contributed by atoms with Gasteiger partial charge in [0.1, 0.15) is 5.75 Å². The van der Waals surface area contributed by atoms with Crippen LogP contribution < -0.4 is 14.8 Å². The summed E-state index contributed by atoms with van der Waals surface area (Å²) in [5, 5.41) is 21.1. The molecule has 5 heteroatoms. The van der Waals surface area contributed by atoms with Gasteiger partial charge in [0.15, 0.2) is 11.5 Å². The van der Waals surface area contributed by atoms with Gasteiger partial charge in [0.05, 0.1) is 20.8 Å². The van der Waals surface area contributed by atoms with Crippen LogP contribution in [0.15, 0.2) is 36.4 Å². The lowest BCUT2D eigenvalue weighted by Gasteiger charge is -2.20. The van der Waals surface area contributed by atoms with Gasteiger partial charge in [-0.15, -0.1) is 0 Å². The molecular formula is C18H23O4P. The number of phenols is 1. The summed E-state index contributed by atoms with van der Waals surface area (Å²) in [5.41, 5.74) is 1.88. The molecule has 2 N–H and O–H groups in total. The predicted molar refractivity (Wildman–Crippen MR) is 94.6 cm³/mol. The molecule has 23 heavy (non-hydrogen) atoms. The first-order chi connectivity index (χ1) is 11.1. The van der Waals surface area contributed by atoms with Crippen LogP contribution in [0.4, 0.5) is 0 Å². The molecule has 0 aromatic heterocycles. The Morgan fingerprint density at radius 2 is 1.87 bits per heavy atom. The summed E-state index contributed by atoms with van der Waals surface area (Å²) in [6.07, 6.45) is 0.863. The van der Waals surface area contributed by atoms with E-state index >= 15 is 0 Å². The molecule has 0 fully saturated rings. The first-order valence-electron chi connectivity index (χ1n) is 7.54. The molecule has 0 bridgehead atoms. The maximum Gasteiger partial charge on any atom is 0.164 e. The highest BCUT2D eigenvalue weighted by atomic mass is 31.1. The highest BCUT2D eigenvalue weighted by Crippen LogP contribution is 2.46. The highest BCUT2D eigenvalue weighted by Gasteiger charge is 2.20. The fourth-order valence-electron chi connectivity index (χ4n) is 2.53. The van der Waals surface area contributed by atoms with Crippen LogP contribution in [-0.4, -0.2) is 24.4 Å². The van der Waals surface area contributed by atoms with Gasteiger partial charge < -0.3 is 19.7 Å². The zero-order valence-electron chi connectivity index (χ0n) is 13.7. The van der Waals surface area contributed by atoms with Gasteiger partial charge in [0.25, 0.3) is 0 Å². The summed E-state index contributed by atoms with van der Waals surface area (Å²) >= 11 is 0. The van der Waals surface area contributed by atoms with Crippen molar-refractivity contribution in [3.05, 3.63) is 47.5 Å². The molecular weight excluding hydrogens is 311 g/mol. The summed E-state index contributed by atoms with van der Waals surface area (Å²) in [6, 6.07) is 11.4. The van der Waals surface area contributed by atoms with Gasteiger partial charge in [-0.05, 0) is 23.4 Å². The van der Waals surface area contributed by atoms with Crippen LogP contribution >= 0.6 is 8.58 Å². The molecule has 0 amide bonds. The molecule has 2 aromatic carbocycles. The van der Waals surface area contributed by atoms with Crippen molar-refractivity contribution < 1.29 is 19.7 Å². The van der Waals surface area contributed by atoms with Crippen LogP contribution in [0.1, 0.15) is 30.1 Å². The van der Waals surface area contributed by atoms with Crippen molar-refractivity contribution in [2.75, 3.05) is 14.2 Å². The number of benzene rings is 2. The molecule has 0 aliphatic heterocycles. The van der Waals surface area contributed by atoms with E-state index in [1.165, 1.54) is 7.11 Å². The number of ether oxygens (including phenoxy) is 2. The first kappa shape index (κ1) is 17.6. The maximum absolute atomic E-state index is 10.5. The number of aromatic hydroxyl groups is 1. The topological polar surface area (TPSA) is 58.9 Å². The standard InChI is InChI=1S/C18H23O4P/c1-4-16(23-17-8-6-5-7-12(17)11-19)14-9-13(21-2)10-15(22-3)18(14)20/h5-10,16,19-20,23H,4,11H2,1-3H3. The van der Waals surface area contributed by atoms with Crippen LogP contribution in [-0.2, 0) is 6.61 Å². The van der Waals surface area contributed by atoms with Gasteiger partial charge in [-0.25, -0.2) is 0 Å². The molecule has 2 atom stereocenters. The zero-order chi connectivity index (χ0) is 16.8. The molecule has 2 unspecified atom stereocenters. The van der Waals surface area contributed by atoms with Crippen molar-refractivity contribution in [2.45, 2.75) is 25.6 Å². The largest absolute Gasteiger partial charge is 0.504 e. The van der Waals surface area contributed by atoms with Crippen LogP contribution in [0.25, 0.3) is 0 Å². The van der Waals surface area contributed by atoms with Gasteiger partial charge in [0, 0.05) is 17.3 Å². The van der Waals surface area contributed by atoms with E-state index in [-0.39, 0.29) is 18.0 Å². The number of rotatable bonds is 7. The Morgan fingerprint density at radius 1 is 1.13 bits per heavy atom. The van der Waals surface area contributed by atoms with Crippen molar-refractivity contribution >= 4 is 13.9 Å². The van der Waals surface area contributed by atoms with Gasteiger partial charge >= 0.3 is 0 Å². The Labute approximate surface area is 138 Å². The van der Waals surface area contributed by atoms with Crippen molar-refractivity contribution in [3.8, 4) is 17.2 Å². The monoisotopic (exact) mass is 334 g/mol. The van der Waals surface area contributed by atoms with Crippen molar-refractivity contribution in [1.82, 2.24) is 0 Å². The second-order valence-electron chi connectivity index (χ2n) is 5.19. The minimum atomic E-state index is 0.0209. The summed E-state index contributed by atoms with van der Waals surface area (Å²) in [4.78, 5) is 0. The SMILES string of the molecule is CCC(Pc1ccccc1CO)c1cc(OC)cc(OC)c1O. The molecule has 2 aromatic rings. The minimum absolute atomic E-state index is 0.0209. The van der Waals surface area contributed by atoms with Gasteiger partial charge in [-0.2, -0.15) is 0 Å². The van der Waals surface area contributed by atoms with Crippen LogP contribution in [0.3, 0.4) is 0 Å². The number of hydrogen-bond donors (Lipinski definition) is 2. The van der Waals surface area contributed by atoms with Crippen LogP contribution in [0, 0.1) is 0 Å². The van der Waals surface area contributed by atoms with Crippen molar-refractivity contribution in [1.29, 1.82) is 0 Å². The molecule has 2 rings (SSSR count). The molecule has 0 radical (unpaired) electrons. The third-order valence-corrected chi connectivity index (χ3v) is 5.70. The molecule has 0 saturated carbocycles. The average molecular weight is 334 g/mol. The van der Waals surface area contributed by atoms with Gasteiger partial charge in [-0.3, -0.25) is 0 Å². The lowest BCUT2D eigenvalue weighted by Crippen LogP contribution is -2.07. The lowest BCUT2D eigenvalue weighted by molar-refractivity contribution is 0.283. The molecule has 124 valence electrons. The number of aliphatic hydroxyl groups excluding tert-OH is 1. The van der Waals surface area contributed by atoms with Crippen LogP contribution in [0.5, 0.6) is 17.2 Å². The van der Waals surface area contributed by atoms with E-state index in [1.54, 1.807) is 13.2 Å². The molecule has 0 spiro atoms. The second-order valence-corrected chi connectivity index (χ2v) is 6.71. The van der Waals surface area contributed by atoms with E-state index in [1.807, 2.05) is 30.3 Å². The Kier molecular flexibility index (Phi) is 6.26. The number of aliphatic hydroxyl groups is 1. The molecule has 0 saturated heterocycles. The fraction of sp³-hybridized carbons (Fsp3) is 0.333. The average Bonchev–Trinajstić information content (AvgIpc) is 2.60. The summed E-state index contributed by atoms with van der Waals surface area (Å²) in [6.45, 7) is 2.11. The van der Waals surface area contributed by atoms with E-state index < -0.39 is 0 Å². The minimum Gasteiger partial charge on any atom is -0.504 e. The maximum atomic E-state index is 10.5. The Morgan fingerprint density at radius 3 is 2.48 bits per heavy atom. The number of methoxy groups -OCH3 is 2. The quantitative estimate of drug-likeness (QED) is 0.763. The molecule has 4 nitrogen and oxygen atoms in total. The van der Waals surface area contributed by atoms with E-state index in [2.05, 4.69) is 6.92 Å². The summed E-state index contributed by atoms with van der Waals surface area (Å²) in [7, 11) is 3.57. The Balaban J connectivity index is 2.41. The van der Waals surface area contributed by atoms with E-state index in [0.29, 0.717) is 20.1 Å². The van der Waals surface area contributed by atoms with E-state index in [4.69, 9.17) is 9.47 Å². The highest BCUT2D eigenvalue weighted by molar-refractivity contribution is 7.47. The third kappa shape index (κ3) is 3.95. The zero-order valence-corrected chi connectivity index (χ0v) is 14.7. The second kappa shape index (κ2) is 8.19. The van der Waals surface area contributed by atoms with E-state index in [9.17, 15) is 10.2 Å². The smallest absolute Gasteiger partial charge is 0.164 e. The van der Waals surface area contributed by atoms with E-state index in [0.717, 1.165) is 22.9 Å². The first-order valence-corrected chi connectivity index (χ1v) is 8.62. The molecule has 0 aliphatic carbocycles. The normalized spacial score (nSPS) is 12.5. The Hall–Kier alpha value is -1.77. The van der Waals surface area contributed by atoms with Gasteiger partial charge in [-0.1, -0.05) is 39.8 Å². The molecule has 0 aliphatic rings. The predicted octanol–water partition coefficient (Wildman–Crippen LogP) is 3.36. The Bertz CT molecular complexity index is 657.